The van der Waals surface area contributed by atoms with E-state index >= 15 is 0 Å². The molecule has 9 nitrogen and oxygen atoms in total. The zero-order chi connectivity index (χ0) is 10.7. The molecule has 0 atom stereocenters. The van der Waals surface area contributed by atoms with Gasteiger partial charge in [0.25, 0.3) is 0 Å². The maximum atomic E-state index is 8.44. The predicted molar refractivity (Wildman–Crippen MR) is 38.4 cm³/mol. The van der Waals surface area contributed by atoms with Crippen LogP contribution in [0.5, 0.6) is 0 Å². The van der Waals surface area contributed by atoms with Crippen molar-refractivity contribution in [2.45, 2.75) is 0 Å². The molecule has 76 valence electrons. The second-order valence-electron chi connectivity index (χ2n) is 0.798. The van der Waals surface area contributed by atoms with Crippen LogP contribution in [0.2, 0.25) is 0 Å². The Morgan fingerprint density at radius 2 is 0.714 bits per heavy atom. The van der Waals surface area contributed by atoms with Crippen LogP contribution in [-0.2, 0) is 0 Å². The minimum atomic E-state index is -2.08. The average Bonchev–Trinajstić information content (AvgIpc) is 1.54. The van der Waals surface area contributed by atoms with E-state index in [1.807, 2.05) is 0 Å². The van der Waals surface area contributed by atoms with Gasteiger partial charge in [-0.25, -0.2) is 0 Å². The van der Waals surface area contributed by atoms with E-state index < -0.39 is 18.5 Å². The van der Waals surface area contributed by atoms with E-state index in [0.717, 1.165) is 0 Å². The number of carboxylic acid groups (broad SMARTS) is 6. The van der Waals surface area contributed by atoms with E-state index in [4.69, 9.17) is 45.0 Å². The van der Waals surface area contributed by atoms with Crippen LogP contribution in [0.25, 0.3) is 0 Å². The van der Waals surface area contributed by atoms with E-state index in [-0.39, 0.29) is 55.1 Å². The van der Waals surface area contributed by atoms with Gasteiger partial charge in [0.05, 0.1) is 0 Å². The number of rotatable bonds is 0. The molecule has 0 heterocycles. The molecular weight excluding hydrogens is 247 g/mol. The van der Waals surface area contributed by atoms with Gasteiger partial charge in [-0.05, 0) is 0 Å². The standard InChI is InChI=1S/3CH2O3.Al.Ca.2H/c3*2-1(3)4;;;;/h3*(H2,2,3,4);;;;/q;;;+3;;;/p-3. The normalized spacial score (nSPS) is 5.14. The fraction of sp³-hybridized carbons (Fsp3) is 0. The molecule has 0 aliphatic heterocycles. The molecule has 0 aromatic carbocycles. The third kappa shape index (κ3) is 8240. The second kappa shape index (κ2) is 22.9. The van der Waals surface area contributed by atoms with Crippen molar-refractivity contribution >= 4 is 73.6 Å². The quantitative estimate of drug-likeness (QED) is 0.357. The summed E-state index contributed by atoms with van der Waals surface area (Å²) in [6.45, 7) is 0. The molecule has 0 amide bonds. The maximum absolute atomic E-state index is 8.44. The van der Waals surface area contributed by atoms with Gasteiger partial charge < -0.3 is 45.0 Å². The molecule has 0 spiro atoms. The summed E-state index contributed by atoms with van der Waals surface area (Å²) in [5.74, 6) is 0. The van der Waals surface area contributed by atoms with Gasteiger partial charge in [0.1, 0.15) is 0 Å². The average molecular weight is 252 g/mol. The van der Waals surface area contributed by atoms with Crippen LogP contribution >= 0.6 is 0 Å². The molecule has 0 fully saturated rings. The molecule has 0 aromatic heterocycles. The van der Waals surface area contributed by atoms with E-state index in [1.165, 1.54) is 0 Å². The zero-order valence-corrected chi connectivity index (χ0v) is 7.02. The monoisotopic (exact) mass is 252 g/mol. The molecule has 0 rings (SSSR count). The summed E-state index contributed by atoms with van der Waals surface area (Å²) in [7, 11) is 0. The van der Waals surface area contributed by atoms with Crippen LogP contribution in [0.4, 0.5) is 14.4 Å². The Hall–Kier alpha value is -0.398. The fourth-order valence-corrected chi connectivity index (χ4v) is 0. The molecule has 0 saturated carbocycles. The molecule has 0 radical (unpaired) electrons. The molecular formula is C3H5AlCaO9. The van der Waals surface area contributed by atoms with Crippen LogP contribution in [0.3, 0.4) is 0 Å². The first kappa shape index (κ1) is 29.2. The number of carbonyl (C=O) groups is 3. The Bertz CT molecular complexity index is 118. The van der Waals surface area contributed by atoms with Crippen LogP contribution in [0.1, 0.15) is 0 Å². The molecule has 0 unspecified atom stereocenters. The van der Waals surface area contributed by atoms with E-state index in [2.05, 4.69) is 0 Å². The van der Waals surface area contributed by atoms with Crippen molar-refractivity contribution in [3.63, 3.8) is 0 Å². The van der Waals surface area contributed by atoms with Gasteiger partial charge in [0.2, 0.25) is 18.5 Å². The van der Waals surface area contributed by atoms with Crippen LogP contribution in [0, 0.1) is 0 Å². The van der Waals surface area contributed by atoms with E-state index in [1.54, 1.807) is 0 Å². The second-order valence-corrected chi connectivity index (χ2v) is 0.798. The molecule has 11 heteroatoms. The van der Waals surface area contributed by atoms with Crippen LogP contribution < -0.4 is 15.3 Å². The van der Waals surface area contributed by atoms with Gasteiger partial charge in [0.15, 0.2) is 0 Å². The first-order chi connectivity index (χ1) is 5.20. The summed E-state index contributed by atoms with van der Waals surface area (Å²) < 4.78 is 0. The van der Waals surface area contributed by atoms with Crippen molar-refractivity contribution in [1.29, 1.82) is 0 Å². The molecule has 0 saturated heterocycles. The Balaban J connectivity index is -0.0000000270. The first-order valence-electron chi connectivity index (χ1n) is 1.90. The fourth-order valence-electron chi connectivity index (χ4n) is 0. The Kier molecular flexibility index (Phi) is 47.8. The van der Waals surface area contributed by atoms with Crippen LogP contribution in [0.15, 0.2) is 0 Å². The number of hydrogen-bond acceptors (Lipinski definition) is 6. The number of hydrogen-bond donors (Lipinski definition) is 3. The topological polar surface area (TPSA) is 181 Å². The van der Waals surface area contributed by atoms with E-state index in [0.29, 0.717) is 0 Å². The van der Waals surface area contributed by atoms with Gasteiger partial charge in [-0.3, -0.25) is 0 Å². The van der Waals surface area contributed by atoms with Crippen molar-refractivity contribution in [2.75, 3.05) is 0 Å². The summed E-state index contributed by atoms with van der Waals surface area (Å²) in [6, 6.07) is 0. The molecule has 0 aliphatic rings. The SMILES string of the molecule is O=C([O-])O.O=C([O-])O.O=C([O-])O.[Al+3].[CaH2]. The molecule has 0 aliphatic carbocycles. The Labute approximate surface area is 118 Å². The molecule has 14 heavy (non-hydrogen) atoms. The van der Waals surface area contributed by atoms with Crippen molar-refractivity contribution < 1.29 is 45.0 Å². The Morgan fingerprint density at radius 1 is 0.714 bits per heavy atom. The minimum absolute atomic E-state index is 0. The zero-order valence-electron chi connectivity index (χ0n) is 5.87. The third-order valence-corrected chi connectivity index (χ3v) is 0. The molecule has 0 aromatic rings. The van der Waals surface area contributed by atoms with Crippen molar-refractivity contribution in [3.8, 4) is 0 Å². The summed E-state index contributed by atoms with van der Waals surface area (Å²) in [5.41, 5.74) is 0. The Morgan fingerprint density at radius 3 is 0.714 bits per heavy atom. The predicted octanol–water partition coefficient (Wildman–Crippen LogP) is -4.63. The summed E-state index contributed by atoms with van der Waals surface area (Å²) in [5, 5.41) is 45.9. The van der Waals surface area contributed by atoms with Gasteiger partial charge in [0, 0.05) is 0 Å². The van der Waals surface area contributed by atoms with Crippen LogP contribution in [-0.4, -0.2) is 88.9 Å². The summed E-state index contributed by atoms with van der Waals surface area (Å²) in [6.07, 6.45) is -6.25. The van der Waals surface area contributed by atoms with Crippen molar-refractivity contribution in [3.05, 3.63) is 0 Å². The molecule has 0 bridgehead atoms. The third-order valence-electron chi connectivity index (χ3n) is 0. The summed E-state index contributed by atoms with van der Waals surface area (Å²) in [4.78, 5) is 25.3. The van der Waals surface area contributed by atoms with Crippen molar-refractivity contribution in [1.82, 2.24) is 0 Å². The van der Waals surface area contributed by atoms with Gasteiger partial charge >= 0.3 is 55.1 Å². The van der Waals surface area contributed by atoms with Gasteiger partial charge in [-0.2, -0.15) is 0 Å². The summed E-state index contributed by atoms with van der Waals surface area (Å²) >= 11 is 0. The van der Waals surface area contributed by atoms with Crippen molar-refractivity contribution in [2.24, 2.45) is 0 Å². The van der Waals surface area contributed by atoms with E-state index in [9.17, 15) is 0 Å². The van der Waals surface area contributed by atoms with Gasteiger partial charge in [-0.15, -0.1) is 0 Å². The van der Waals surface area contributed by atoms with Gasteiger partial charge in [-0.1, -0.05) is 0 Å². The molecule has 3 N–H and O–H groups in total. The first-order valence-corrected chi connectivity index (χ1v) is 1.90.